The van der Waals surface area contributed by atoms with Crippen molar-refractivity contribution in [3.8, 4) is 6.07 Å². The van der Waals surface area contributed by atoms with E-state index in [1.54, 1.807) is 12.3 Å². The van der Waals surface area contributed by atoms with Gasteiger partial charge in [-0.05, 0) is 39.3 Å². The average molecular weight is 425 g/mol. The lowest BCUT2D eigenvalue weighted by Gasteiger charge is -2.36. The number of carbonyl (C=O) groups excluding carboxylic acids is 1. The predicted molar refractivity (Wildman–Crippen MR) is 117 cm³/mol. The first-order valence-electron chi connectivity index (χ1n) is 10.6. The molecular weight excluding hydrogens is 396 g/mol. The van der Waals surface area contributed by atoms with Gasteiger partial charge in [0.1, 0.15) is 29.5 Å². The lowest BCUT2D eigenvalue weighted by atomic mass is 9.89. The zero-order chi connectivity index (χ0) is 22.0. The van der Waals surface area contributed by atoms with Crippen LogP contribution in [0.4, 0.5) is 16.4 Å². The van der Waals surface area contributed by atoms with E-state index in [2.05, 4.69) is 32.0 Å². The third-order valence-electron chi connectivity index (χ3n) is 5.30. The molecule has 2 aromatic rings. The summed E-state index contributed by atoms with van der Waals surface area (Å²) >= 11 is 0. The Morgan fingerprint density at radius 2 is 2.06 bits per heavy atom. The molecule has 2 aromatic heterocycles. The number of carbonyl (C=O) groups is 1. The molecule has 164 valence electrons. The Balaban J connectivity index is 1.41. The SMILES string of the molecule is CC(C)(C)NC(=O)OC1CC(Nc2cc3c(NC4CCOC4)nc(C#N)cc3cn2)C1. The average Bonchev–Trinajstić information content (AvgIpc) is 3.18. The number of ether oxygens (including phenoxy) is 2. The van der Waals surface area contributed by atoms with Gasteiger partial charge in [0, 0.05) is 48.0 Å². The third kappa shape index (κ3) is 5.33. The van der Waals surface area contributed by atoms with Gasteiger partial charge in [-0.2, -0.15) is 5.26 Å². The number of fused-ring (bicyclic) bond motifs is 1. The molecule has 1 atom stereocenters. The number of hydrogen-bond acceptors (Lipinski definition) is 8. The van der Waals surface area contributed by atoms with E-state index in [0.29, 0.717) is 18.1 Å². The van der Waals surface area contributed by atoms with Gasteiger partial charge in [-0.25, -0.2) is 14.8 Å². The summed E-state index contributed by atoms with van der Waals surface area (Å²) in [5.74, 6) is 1.40. The molecule has 1 saturated carbocycles. The highest BCUT2D eigenvalue weighted by molar-refractivity contribution is 5.93. The molecule has 0 bridgehead atoms. The summed E-state index contributed by atoms with van der Waals surface area (Å²) in [5.41, 5.74) is 0.0347. The third-order valence-corrected chi connectivity index (χ3v) is 5.30. The maximum absolute atomic E-state index is 11.9. The van der Waals surface area contributed by atoms with E-state index in [9.17, 15) is 10.1 Å². The van der Waals surface area contributed by atoms with Gasteiger partial charge >= 0.3 is 6.09 Å². The van der Waals surface area contributed by atoms with Gasteiger partial charge in [0.05, 0.1) is 12.6 Å². The van der Waals surface area contributed by atoms with Gasteiger partial charge in [0.2, 0.25) is 0 Å². The van der Waals surface area contributed by atoms with Crippen molar-refractivity contribution in [1.82, 2.24) is 15.3 Å². The summed E-state index contributed by atoms with van der Waals surface area (Å²) in [5, 5.41) is 20.7. The van der Waals surface area contributed by atoms with Crippen LogP contribution in [0.1, 0.15) is 45.7 Å². The second kappa shape index (κ2) is 8.55. The van der Waals surface area contributed by atoms with Crippen LogP contribution in [0, 0.1) is 11.3 Å². The Hall–Kier alpha value is -3.12. The fourth-order valence-electron chi connectivity index (χ4n) is 3.71. The van der Waals surface area contributed by atoms with E-state index in [-0.39, 0.29) is 29.8 Å². The topological polar surface area (TPSA) is 121 Å². The standard InChI is InChI=1S/C22H28N6O3/c1-22(2,3)28-21(29)31-17-7-15(8-17)25-19-9-18-13(11-24-19)6-16(10-23)27-20(18)26-14-4-5-30-12-14/h6,9,11,14-15,17H,4-5,7-8,12H2,1-3H3,(H,24,25)(H,26,27)(H,28,29). The van der Waals surface area contributed by atoms with Crippen LogP contribution in [-0.4, -0.2) is 53.0 Å². The summed E-state index contributed by atoms with van der Waals surface area (Å²) in [6.07, 6.45) is 3.63. The van der Waals surface area contributed by atoms with E-state index in [1.165, 1.54) is 0 Å². The van der Waals surface area contributed by atoms with E-state index >= 15 is 0 Å². The van der Waals surface area contributed by atoms with Crippen molar-refractivity contribution in [3.05, 3.63) is 24.0 Å². The molecule has 1 aliphatic heterocycles. The minimum Gasteiger partial charge on any atom is -0.446 e. The Labute approximate surface area is 181 Å². The van der Waals surface area contributed by atoms with Crippen LogP contribution in [-0.2, 0) is 9.47 Å². The molecule has 0 aromatic carbocycles. The van der Waals surface area contributed by atoms with Crippen LogP contribution in [0.15, 0.2) is 18.3 Å². The minimum absolute atomic E-state index is 0.0974. The molecular formula is C22H28N6O3. The lowest BCUT2D eigenvalue weighted by Crippen LogP contribution is -2.47. The van der Waals surface area contributed by atoms with Gasteiger partial charge in [-0.1, -0.05) is 0 Å². The molecule has 9 heteroatoms. The molecule has 4 rings (SSSR count). The van der Waals surface area contributed by atoms with Crippen molar-refractivity contribution in [2.24, 2.45) is 0 Å². The van der Waals surface area contributed by atoms with Gasteiger partial charge in [0.25, 0.3) is 0 Å². The Bertz CT molecular complexity index is 1000. The van der Waals surface area contributed by atoms with E-state index < -0.39 is 0 Å². The summed E-state index contributed by atoms with van der Waals surface area (Å²) in [6.45, 7) is 7.11. The van der Waals surface area contributed by atoms with Crippen molar-refractivity contribution >= 4 is 28.5 Å². The molecule has 3 N–H and O–H groups in total. The first kappa shape index (κ1) is 21.1. The largest absolute Gasteiger partial charge is 0.446 e. The number of amides is 1. The van der Waals surface area contributed by atoms with Crippen molar-refractivity contribution in [2.75, 3.05) is 23.8 Å². The Morgan fingerprint density at radius 3 is 2.74 bits per heavy atom. The van der Waals surface area contributed by atoms with E-state index in [1.807, 2.05) is 26.8 Å². The first-order chi connectivity index (χ1) is 14.8. The number of aromatic nitrogens is 2. The maximum Gasteiger partial charge on any atom is 0.407 e. The second-order valence-corrected chi connectivity index (χ2v) is 9.18. The number of rotatable bonds is 5. The number of nitrogens with one attached hydrogen (secondary N) is 3. The summed E-state index contributed by atoms with van der Waals surface area (Å²) in [7, 11) is 0. The number of alkyl carbamates (subject to hydrolysis) is 1. The molecule has 2 fully saturated rings. The molecule has 1 saturated heterocycles. The summed E-state index contributed by atoms with van der Waals surface area (Å²) in [4.78, 5) is 20.8. The molecule has 9 nitrogen and oxygen atoms in total. The predicted octanol–water partition coefficient (Wildman–Crippen LogP) is 3.17. The van der Waals surface area contributed by atoms with E-state index in [4.69, 9.17) is 9.47 Å². The molecule has 31 heavy (non-hydrogen) atoms. The first-order valence-corrected chi connectivity index (χ1v) is 10.6. The molecule has 1 unspecified atom stereocenters. The number of pyridine rings is 2. The highest BCUT2D eigenvalue weighted by Crippen LogP contribution is 2.30. The lowest BCUT2D eigenvalue weighted by molar-refractivity contribution is 0.0415. The van der Waals surface area contributed by atoms with Crippen molar-refractivity contribution in [2.45, 2.75) is 63.8 Å². The second-order valence-electron chi connectivity index (χ2n) is 9.18. The van der Waals surface area contributed by atoms with Gasteiger partial charge in [-0.3, -0.25) is 0 Å². The number of nitriles is 1. The quantitative estimate of drug-likeness (QED) is 0.669. The number of nitrogens with zero attached hydrogens (tertiary/aromatic N) is 3. The normalized spacial score (nSPS) is 23.0. The minimum atomic E-state index is -0.384. The number of hydrogen-bond donors (Lipinski definition) is 3. The van der Waals surface area contributed by atoms with Crippen LogP contribution >= 0.6 is 0 Å². The van der Waals surface area contributed by atoms with Crippen LogP contribution < -0.4 is 16.0 Å². The monoisotopic (exact) mass is 424 g/mol. The molecule has 1 aliphatic carbocycles. The van der Waals surface area contributed by atoms with Crippen LogP contribution in [0.5, 0.6) is 0 Å². The summed E-state index contributed by atoms with van der Waals surface area (Å²) in [6, 6.07) is 6.16. The van der Waals surface area contributed by atoms with Crippen molar-refractivity contribution in [3.63, 3.8) is 0 Å². The molecule has 1 amide bonds. The van der Waals surface area contributed by atoms with Crippen molar-refractivity contribution in [1.29, 1.82) is 5.26 Å². The molecule has 0 radical (unpaired) electrons. The van der Waals surface area contributed by atoms with Crippen molar-refractivity contribution < 1.29 is 14.3 Å². The Kier molecular flexibility index (Phi) is 5.83. The number of anilines is 2. The molecule has 0 spiro atoms. The van der Waals surface area contributed by atoms with Gasteiger partial charge < -0.3 is 25.4 Å². The fourth-order valence-corrected chi connectivity index (χ4v) is 3.71. The molecule has 2 aliphatic rings. The molecule has 3 heterocycles. The van der Waals surface area contributed by atoms with Crippen LogP contribution in [0.3, 0.4) is 0 Å². The maximum atomic E-state index is 11.9. The summed E-state index contributed by atoms with van der Waals surface area (Å²) < 4.78 is 10.9. The highest BCUT2D eigenvalue weighted by Gasteiger charge is 2.33. The smallest absolute Gasteiger partial charge is 0.407 e. The fraction of sp³-hybridized carbons (Fsp3) is 0.545. The van der Waals surface area contributed by atoms with Crippen LogP contribution in [0.2, 0.25) is 0 Å². The Morgan fingerprint density at radius 1 is 1.26 bits per heavy atom. The van der Waals surface area contributed by atoms with Gasteiger partial charge in [0.15, 0.2) is 0 Å². The van der Waals surface area contributed by atoms with Crippen LogP contribution in [0.25, 0.3) is 10.8 Å². The zero-order valence-corrected chi connectivity index (χ0v) is 18.1. The highest BCUT2D eigenvalue weighted by atomic mass is 16.6. The zero-order valence-electron chi connectivity index (χ0n) is 18.1. The van der Waals surface area contributed by atoms with E-state index in [0.717, 1.165) is 42.5 Å². The van der Waals surface area contributed by atoms with Gasteiger partial charge in [-0.15, -0.1) is 0 Å².